The van der Waals surface area contributed by atoms with E-state index in [2.05, 4.69) is 0 Å². The molecule has 0 aliphatic rings. The van der Waals surface area contributed by atoms with E-state index < -0.39 is 17.5 Å². The van der Waals surface area contributed by atoms with Gasteiger partial charge in [-0.2, -0.15) is 5.26 Å². The molecule has 3 nitrogen and oxygen atoms in total. The van der Waals surface area contributed by atoms with E-state index in [4.69, 9.17) is 9.68 Å². The minimum absolute atomic E-state index is 0.0980. The Morgan fingerprint density at radius 3 is 2.76 bits per heavy atom. The molecule has 4 heteroatoms. The lowest BCUT2D eigenvalue weighted by Gasteiger charge is -2.06. The van der Waals surface area contributed by atoms with E-state index in [1.54, 1.807) is 6.07 Å². The van der Waals surface area contributed by atoms with Crippen molar-refractivity contribution in [2.45, 2.75) is 5.92 Å². The summed E-state index contributed by atoms with van der Waals surface area (Å²) in [6.07, 6.45) is 1.35. The Morgan fingerprint density at radius 1 is 1.35 bits per heavy atom. The van der Waals surface area contributed by atoms with Crippen molar-refractivity contribution in [1.82, 2.24) is 0 Å². The van der Waals surface area contributed by atoms with Crippen LogP contribution in [0.3, 0.4) is 0 Å². The standard InChI is InChI=1S/C13H8FNO2/c14-10-4-1-3-9(7-10)11(8-15)13(16)12-5-2-6-17-12/h1-7,11H. The van der Waals surface area contributed by atoms with Crippen LogP contribution in [0.2, 0.25) is 0 Å². The van der Waals surface area contributed by atoms with Crippen molar-refractivity contribution < 1.29 is 13.6 Å². The lowest BCUT2D eigenvalue weighted by molar-refractivity contribution is 0.0952. The number of nitrogens with zero attached hydrogens (tertiary/aromatic N) is 1. The van der Waals surface area contributed by atoms with Crippen molar-refractivity contribution in [2.24, 2.45) is 0 Å². The average molecular weight is 229 g/mol. The van der Waals surface area contributed by atoms with Crippen LogP contribution in [0.4, 0.5) is 4.39 Å². The third-order valence-corrected chi connectivity index (χ3v) is 2.34. The molecule has 0 radical (unpaired) electrons. The van der Waals surface area contributed by atoms with Gasteiger partial charge in [0.05, 0.1) is 12.3 Å². The van der Waals surface area contributed by atoms with Crippen LogP contribution in [0.25, 0.3) is 0 Å². The number of benzene rings is 1. The number of ketones is 1. The van der Waals surface area contributed by atoms with Crippen molar-refractivity contribution in [3.05, 3.63) is 59.8 Å². The number of carbonyl (C=O) groups is 1. The molecule has 0 spiro atoms. The summed E-state index contributed by atoms with van der Waals surface area (Å²) < 4.78 is 18.0. The summed E-state index contributed by atoms with van der Waals surface area (Å²) in [5.41, 5.74) is 0.328. The van der Waals surface area contributed by atoms with E-state index in [0.717, 1.165) is 0 Å². The summed E-state index contributed by atoms with van der Waals surface area (Å²) in [6.45, 7) is 0. The van der Waals surface area contributed by atoms with Gasteiger partial charge in [0.15, 0.2) is 5.76 Å². The Hall–Kier alpha value is -2.41. The van der Waals surface area contributed by atoms with E-state index in [-0.39, 0.29) is 5.76 Å². The summed E-state index contributed by atoms with van der Waals surface area (Å²) in [7, 11) is 0. The van der Waals surface area contributed by atoms with Crippen LogP contribution in [-0.4, -0.2) is 5.78 Å². The lowest BCUT2D eigenvalue weighted by atomic mass is 9.95. The van der Waals surface area contributed by atoms with Crippen molar-refractivity contribution >= 4 is 5.78 Å². The van der Waals surface area contributed by atoms with E-state index in [0.29, 0.717) is 5.56 Å². The predicted octanol–water partition coefficient (Wildman–Crippen LogP) is 2.91. The molecule has 0 saturated carbocycles. The minimum Gasteiger partial charge on any atom is -0.461 e. The molecule has 0 bridgehead atoms. The van der Waals surface area contributed by atoms with Gasteiger partial charge in [0.25, 0.3) is 0 Å². The van der Waals surface area contributed by atoms with Gasteiger partial charge in [0.2, 0.25) is 5.78 Å². The Kier molecular flexibility index (Phi) is 3.01. The molecule has 1 aromatic heterocycles. The zero-order chi connectivity index (χ0) is 12.3. The zero-order valence-electron chi connectivity index (χ0n) is 8.76. The number of rotatable bonds is 3. The number of carbonyl (C=O) groups excluding carboxylic acids is 1. The van der Waals surface area contributed by atoms with Crippen molar-refractivity contribution in [3.63, 3.8) is 0 Å². The van der Waals surface area contributed by atoms with Crippen LogP contribution in [0, 0.1) is 17.1 Å². The Bertz CT molecular complexity index is 569. The molecule has 0 N–H and O–H groups in total. The van der Waals surface area contributed by atoms with Gasteiger partial charge >= 0.3 is 0 Å². The molecule has 0 aliphatic carbocycles. The molecular weight excluding hydrogens is 221 g/mol. The first-order chi connectivity index (χ1) is 8.22. The minimum atomic E-state index is -1.04. The van der Waals surface area contributed by atoms with E-state index in [1.807, 2.05) is 6.07 Å². The third kappa shape index (κ3) is 2.23. The lowest BCUT2D eigenvalue weighted by Crippen LogP contribution is -2.10. The number of hydrogen-bond donors (Lipinski definition) is 0. The SMILES string of the molecule is N#CC(C(=O)c1ccco1)c1cccc(F)c1. The quantitative estimate of drug-likeness (QED) is 0.760. The van der Waals surface area contributed by atoms with Gasteiger partial charge in [-0.25, -0.2) is 4.39 Å². The molecule has 0 fully saturated rings. The van der Waals surface area contributed by atoms with Crippen LogP contribution in [-0.2, 0) is 0 Å². The maximum atomic E-state index is 13.0. The Morgan fingerprint density at radius 2 is 2.18 bits per heavy atom. The van der Waals surface area contributed by atoms with Gasteiger partial charge in [-0.3, -0.25) is 4.79 Å². The fourth-order valence-electron chi connectivity index (χ4n) is 1.53. The van der Waals surface area contributed by atoms with E-state index in [9.17, 15) is 9.18 Å². The normalized spacial score (nSPS) is 11.8. The third-order valence-electron chi connectivity index (χ3n) is 2.34. The first-order valence-electron chi connectivity index (χ1n) is 4.95. The molecule has 84 valence electrons. The van der Waals surface area contributed by atoms with E-state index in [1.165, 1.54) is 36.6 Å². The number of halogens is 1. The van der Waals surface area contributed by atoms with Gasteiger partial charge < -0.3 is 4.42 Å². The van der Waals surface area contributed by atoms with Gasteiger partial charge in [0.1, 0.15) is 11.7 Å². The number of hydrogen-bond acceptors (Lipinski definition) is 3. The highest BCUT2D eigenvalue weighted by molar-refractivity contribution is 6.00. The summed E-state index contributed by atoms with van der Waals surface area (Å²) in [6, 6.07) is 10.3. The summed E-state index contributed by atoms with van der Waals surface area (Å²) in [5.74, 6) is -1.89. The molecule has 1 unspecified atom stereocenters. The second-order valence-electron chi connectivity index (χ2n) is 3.46. The van der Waals surface area contributed by atoms with Crippen LogP contribution in [0.5, 0.6) is 0 Å². The second kappa shape index (κ2) is 4.62. The number of nitriles is 1. The maximum absolute atomic E-state index is 13.0. The maximum Gasteiger partial charge on any atom is 0.219 e. The Labute approximate surface area is 97.1 Å². The molecule has 0 aliphatic heterocycles. The summed E-state index contributed by atoms with van der Waals surface area (Å²) in [5, 5.41) is 9.00. The average Bonchev–Trinajstić information content (AvgIpc) is 2.83. The van der Waals surface area contributed by atoms with Crippen LogP contribution in [0.15, 0.2) is 47.1 Å². The van der Waals surface area contributed by atoms with Gasteiger partial charge in [-0.1, -0.05) is 12.1 Å². The first-order valence-corrected chi connectivity index (χ1v) is 4.95. The predicted molar refractivity (Wildman–Crippen MR) is 57.8 cm³/mol. The molecule has 1 atom stereocenters. The van der Waals surface area contributed by atoms with Gasteiger partial charge in [-0.05, 0) is 29.8 Å². The molecule has 0 saturated heterocycles. The zero-order valence-corrected chi connectivity index (χ0v) is 8.76. The highest BCUT2D eigenvalue weighted by Gasteiger charge is 2.24. The molecular formula is C13H8FNO2. The fraction of sp³-hybridized carbons (Fsp3) is 0.0769. The number of furan rings is 1. The fourth-order valence-corrected chi connectivity index (χ4v) is 1.53. The van der Waals surface area contributed by atoms with Crippen molar-refractivity contribution in [3.8, 4) is 6.07 Å². The number of Topliss-reactive ketones (excluding diaryl/α,β-unsaturated/α-hetero) is 1. The molecule has 2 aromatic rings. The summed E-state index contributed by atoms with van der Waals surface area (Å²) >= 11 is 0. The summed E-state index contributed by atoms with van der Waals surface area (Å²) in [4.78, 5) is 11.9. The van der Waals surface area contributed by atoms with Gasteiger partial charge in [0, 0.05) is 0 Å². The van der Waals surface area contributed by atoms with Crippen molar-refractivity contribution in [1.29, 1.82) is 5.26 Å². The highest BCUT2D eigenvalue weighted by atomic mass is 19.1. The van der Waals surface area contributed by atoms with Crippen molar-refractivity contribution in [2.75, 3.05) is 0 Å². The Balaban J connectivity index is 2.35. The molecule has 17 heavy (non-hydrogen) atoms. The van der Waals surface area contributed by atoms with Crippen LogP contribution in [0.1, 0.15) is 22.0 Å². The van der Waals surface area contributed by atoms with E-state index >= 15 is 0 Å². The topological polar surface area (TPSA) is 54.0 Å². The highest BCUT2D eigenvalue weighted by Crippen LogP contribution is 2.21. The molecule has 1 heterocycles. The largest absolute Gasteiger partial charge is 0.461 e. The smallest absolute Gasteiger partial charge is 0.219 e. The second-order valence-corrected chi connectivity index (χ2v) is 3.46. The molecule has 0 amide bonds. The molecule has 2 rings (SSSR count). The monoisotopic (exact) mass is 229 g/mol. The molecule has 1 aromatic carbocycles. The van der Waals surface area contributed by atoms with Gasteiger partial charge in [-0.15, -0.1) is 0 Å². The van der Waals surface area contributed by atoms with Crippen LogP contribution < -0.4 is 0 Å². The first kappa shape index (κ1) is 11.1. The van der Waals surface area contributed by atoms with Crippen LogP contribution >= 0.6 is 0 Å².